The number of piperidine rings is 1. The molecule has 1 aliphatic heterocycles. The zero-order valence-electron chi connectivity index (χ0n) is 14.0. The summed E-state index contributed by atoms with van der Waals surface area (Å²) in [6, 6.07) is 3.70. The molecular weight excluding hydrogens is 333 g/mol. The van der Waals surface area contributed by atoms with Crippen molar-refractivity contribution < 1.29 is 18.0 Å². The molecule has 0 aromatic carbocycles. The van der Waals surface area contributed by atoms with Gasteiger partial charge in [0.2, 0.25) is 0 Å². The van der Waals surface area contributed by atoms with E-state index < -0.39 is 12.1 Å². The Balaban J connectivity index is 1.76. The third-order valence-electron chi connectivity index (χ3n) is 4.51. The quantitative estimate of drug-likeness (QED) is 0.833. The highest BCUT2D eigenvalue weighted by Crippen LogP contribution is 2.34. The predicted octanol–water partition coefficient (Wildman–Crippen LogP) is 3.30. The minimum absolute atomic E-state index is 0.0537. The van der Waals surface area contributed by atoms with E-state index in [9.17, 15) is 18.0 Å². The summed E-state index contributed by atoms with van der Waals surface area (Å²) < 4.78 is 39.8. The lowest BCUT2D eigenvalue weighted by Crippen LogP contribution is -2.42. The summed E-state index contributed by atoms with van der Waals surface area (Å²) in [6.45, 7) is 3.85. The number of aryl methyl sites for hydroxylation is 2. The fraction of sp³-hybridized carbons (Fsp3) is 0.471. The van der Waals surface area contributed by atoms with Gasteiger partial charge in [-0.3, -0.25) is 4.79 Å². The number of pyridine rings is 1. The van der Waals surface area contributed by atoms with E-state index in [1.807, 2.05) is 19.1 Å². The van der Waals surface area contributed by atoms with Crippen LogP contribution in [-0.2, 0) is 0 Å². The van der Waals surface area contributed by atoms with E-state index in [4.69, 9.17) is 0 Å². The number of alkyl halides is 3. The molecule has 25 heavy (non-hydrogen) atoms. The van der Waals surface area contributed by atoms with Gasteiger partial charge in [0.05, 0.1) is 17.2 Å². The molecule has 1 fully saturated rings. The van der Waals surface area contributed by atoms with Gasteiger partial charge < -0.3 is 4.90 Å². The van der Waals surface area contributed by atoms with Crippen LogP contribution in [0.25, 0.3) is 5.82 Å². The Morgan fingerprint density at radius 3 is 2.52 bits per heavy atom. The summed E-state index contributed by atoms with van der Waals surface area (Å²) in [5.41, 5.74) is 1.94. The molecule has 8 heteroatoms. The van der Waals surface area contributed by atoms with Crippen LogP contribution in [0.2, 0.25) is 0 Å². The smallest absolute Gasteiger partial charge is 0.339 e. The van der Waals surface area contributed by atoms with Crippen molar-refractivity contribution in [3.63, 3.8) is 0 Å². The maximum absolute atomic E-state index is 12.8. The molecule has 0 N–H and O–H groups in total. The lowest BCUT2D eigenvalue weighted by molar-refractivity contribution is -0.183. The number of likely N-dealkylation sites (tertiary alicyclic amines) is 1. The Morgan fingerprint density at radius 1 is 1.24 bits per heavy atom. The Hall–Kier alpha value is -2.38. The van der Waals surface area contributed by atoms with Crippen LogP contribution < -0.4 is 0 Å². The van der Waals surface area contributed by atoms with Gasteiger partial charge in [-0.25, -0.2) is 9.67 Å². The topological polar surface area (TPSA) is 51.0 Å². The highest BCUT2D eigenvalue weighted by atomic mass is 19.4. The van der Waals surface area contributed by atoms with Crippen molar-refractivity contribution in [2.24, 2.45) is 5.92 Å². The average molecular weight is 352 g/mol. The van der Waals surface area contributed by atoms with Gasteiger partial charge in [0.25, 0.3) is 5.91 Å². The summed E-state index contributed by atoms with van der Waals surface area (Å²) in [7, 11) is 0. The van der Waals surface area contributed by atoms with Gasteiger partial charge in [0, 0.05) is 25.5 Å². The van der Waals surface area contributed by atoms with Gasteiger partial charge in [0.15, 0.2) is 5.82 Å². The third kappa shape index (κ3) is 3.67. The van der Waals surface area contributed by atoms with Crippen molar-refractivity contribution in [1.82, 2.24) is 19.7 Å². The van der Waals surface area contributed by atoms with Crippen LogP contribution in [0, 0.1) is 19.8 Å². The minimum Gasteiger partial charge on any atom is -0.339 e. The number of carbonyl (C=O) groups is 1. The maximum atomic E-state index is 12.8. The van der Waals surface area contributed by atoms with Crippen LogP contribution in [0.5, 0.6) is 0 Å². The highest BCUT2D eigenvalue weighted by Gasteiger charge is 2.42. The number of amides is 1. The van der Waals surface area contributed by atoms with Crippen molar-refractivity contribution in [3.8, 4) is 5.82 Å². The number of carbonyl (C=O) groups excluding carboxylic acids is 1. The van der Waals surface area contributed by atoms with Crippen LogP contribution in [0.3, 0.4) is 0 Å². The lowest BCUT2D eigenvalue weighted by Gasteiger charge is -2.32. The Labute approximate surface area is 143 Å². The zero-order valence-corrected chi connectivity index (χ0v) is 14.0. The molecule has 5 nitrogen and oxygen atoms in total. The third-order valence-corrected chi connectivity index (χ3v) is 4.51. The van der Waals surface area contributed by atoms with Gasteiger partial charge in [0.1, 0.15) is 0 Å². The molecule has 2 aromatic rings. The molecule has 0 unspecified atom stereocenters. The fourth-order valence-corrected chi connectivity index (χ4v) is 3.01. The van der Waals surface area contributed by atoms with E-state index in [1.165, 1.54) is 9.58 Å². The van der Waals surface area contributed by atoms with Crippen molar-refractivity contribution in [3.05, 3.63) is 41.3 Å². The Kier molecular flexibility index (Phi) is 4.53. The minimum atomic E-state index is -4.19. The molecule has 0 radical (unpaired) electrons. The van der Waals surface area contributed by atoms with Crippen LogP contribution >= 0.6 is 0 Å². The average Bonchev–Trinajstić information content (AvgIpc) is 2.95. The van der Waals surface area contributed by atoms with Gasteiger partial charge in [-0.15, -0.1) is 0 Å². The summed E-state index contributed by atoms with van der Waals surface area (Å²) in [5, 5.41) is 4.32. The monoisotopic (exact) mass is 352 g/mol. The molecule has 0 atom stereocenters. The highest BCUT2D eigenvalue weighted by molar-refractivity contribution is 5.95. The normalized spacial score (nSPS) is 16.3. The summed E-state index contributed by atoms with van der Waals surface area (Å²) in [4.78, 5) is 18.4. The first-order chi connectivity index (χ1) is 11.8. The second-order valence-electron chi connectivity index (χ2n) is 6.37. The van der Waals surface area contributed by atoms with Crippen LogP contribution in [0.15, 0.2) is 24.5 Å². The molecule has 3 heterocycles. The fourth-order valence-electron chi connectivity index (χ4n) is 3.01. The van der Waals surface area contributed by atoms with Crippen molar-refractivity contribution in [2.75, 3.05) is 13.1 Å². The molecule has 0 spiro atoms. The standard InChI is InChI=1S/C17H19F3N4O/c1-11-3-6-21-15(9-11)24-10-14(12(2)22-24)16(25)23-7-4-13(5-8-23)17(18,19)20/h3,6,9-10,13H,4-5,7-8H2,1-2H3. The number of hydrogen-bond acceptors (Lipinski definition) is 3. The molecule has 0 aliphatic carbocycles. The van der Waals surface area contributed by atoms with E-state index in [1.54, 1.807) is 19.3 Å². The maximum Gasteiger partial charge on any atom is 0.391 e. The summed E-state index contributed by atoms with van der Waals surface area (Å²) >= 11 is 0. The number of aromatic nitrogens is 3. The van der Waals surface area contributed by atoms with E-state index in [0.29, 0.717) is 17.1 Å². The van der Waals surface area contributed by atoms with E-state index in [-0.39, 0.29) is 31.8 Å². The second-order valence-corrected chi connectivity index (χ2v) is 6.37. The molecule has 1 amide bonds. The molecule has 0 bridgehead atoms. The first-order valence-corrected chi connectivity index (χ1v) is 8.11. The van der Waals surface area contributed by atoms with E-state index in [2.05, 4.69) is 10.1 Å². The van der Waals surface area contributed by atoms with E-state index >= 15 is 0 Å². The molecule has 1 saturated heterocycles. The Bertz CT molecular complexity index is 776. The van der Waals surface area contributed by atoms with Gasteiger partial charge >= 0.3 is 6.18 Å². The first-order valence-electron chi connectivity index (χ1n) is 8.11. The number of rotatable bonds is 2. The van der Waals surface area contributed by atoms with Gasteiger partial charge in [-0.05, 0) is 44.4 Å². The number of hydrogen-bond donors (Lipinski definition) is 0. The lowest BCUT2D eigenvalue weighted by atomic mass is 9.96. The molecular formula is C17H19F3N4O. The van der Waals surface area contributed by atoms with Crippen molar-refractivity contribution in [2.45, 2.75) is 32.9 Å². The van der Waals surface area contributed by atoms with Gasteiger partial charge in [-0.1, -0.05) is 0 Å². The zero-order chi connectivity index (χ0) is 18.2. The van der Waals surface area contributed by atoms with Crippen molar-refractivity contribution >= 4 is 5.91 Å². The van der Waals surface area contributed by atoms with E-state index in [0.717, 1.165) is 5.56 Å². The van der Waals surface area contributed by atoms with Gasteiger partial charge in [-0.2, -0.15) is 18.3 Å². The first kappa shape index (κ1) is 17.4. The van der Waals surface area contributed by atoms with Crippen molar-refractivity contribution in [1.29, 1.82) is 0 Å². The summed E-state index contributed by atoms with van der Waals surface area (Å²) in [5.74, 6) is -1.01. The molecule has 2 aromatic heterocycles. The summed E-state index contributed by atoms with van der Waals surface area (Å²) in [6.07, 6.45) is -1.04. The molecule has 3 rings (SSSR count). The number of nitrogens with zero attached hydrogens (tertiary/aromatic N) is 4. The van der Waals surface area contributed by atoms with Crippen LogP contribution in [-0.4, -0.2) is 44.8 Å². The molecule has 134 valence electrons. The molecule has 0 saturated carbocycles. The van der Waals surface area contributed by atoms with Crippen LogP contribution in [0.4, 0.5) is 13.2 Å². The van der Waals surface area contributed by atoms with Crippen LogP contribution in [0.1, 0.15) is 34.5 Å². The molecule has 1 aliphatic rings. The Morgan fingerprint density at radius 2 is 1.92 bits per heavy atom. The predicted molar refractivity (Wildman–Crippen MR) is 85.5 cm³/mol. The number of halogens is 3. The largest absolute Gasteiger partial charge is 0.391 e. The second kappa shape index (κ2) is 6.50. The SMILES string of the molecule is Cc1ccnc(-n2cc(C(=O)N3CCC(C(F)(F)F)CC3)c(C)n2)c1.